The number of halogens is 2. The molecule has 112 valence electrons. The minimum absolute atomic E-state index is 0.00797. The molecular formula is C13H18BrFN2O2S. The molecule has 0 radical (unpaired) electrons. The van der Waals surface area contributed by atoms with Gasteiger partial charge >= 0.3 is 0 Å². The van der Waals surface area contributed by atoms with E-state index in [0.29, 0.717) is 10.3 Å². The highest BCUT2D eigenvalue weighted by Crippen LogP contribution is 2.20. The van der Waals surface area contributed by atoms with Crippen molar-refractivity contribution < 1.29 is 14.0 Å². The summed E-state index contributed by atoms with van der Waals surface area (Å²) < 4.78 is 30.2. The number of aromatic nitrogens is 1. The van der Waals surface area contributed by atoms with Crippen LogP contribution in [0.4, 0.5) is 4.39 Å². The van der Waals surface area contributed by atoms with E-state index in [9.17, 15) is 8.94 Å². The molecule has 0 saturated carbocycles. The topological polar surface area (TPSA) is 68.5 Å². The third kappa shape index (κ3) is 5.12. The third-order valence-electron chi connectivity index (χ3n) is 2.36. The number of aliphatic hydroxyl groups is 1. The van der Waals surface area contributed by atoms with Crippen LogP contribution in [-0.2, 0) is 11.4 Å². The molecule has 0 aliphatic rings. The average molecular weight is 365 g/mol. The van der Waals surface area contributed by atoms with Crippen LogP contribution in [-0.4, -0.2) is 37.9 Å². The summed E-state index contributed by atoms with van der Waals surface area (Å²) in [5.74, 6) is 0. The van der Waals surface area contributed by atoms with Gasteiger partial charge in [-0.15, -0.1) is 0 Å². The number of alkyl halides is 1. The maximum Gasteiger partial charge on any atom is 0.151 e. The molecule has 0 fully saturated rings. The van der Waals surface area contributed by atoms with Gasteiger partial charge in [-0.1, -0.05) is 10.5 Å². The number of hydrogen-bond acceptors (Lipinski definition) is 4. The molecule has 0 aromatic carbocycles. The van der Waals surface area contributed by atoms with Crippen LogP contribution in [0.5, 0.6) is 0 Å². The molecule has 1 heterocycles. The molecule has 0 bridgehead atoms. The second-order valence-electron chi connectivity index (χ2n) is 5.16. The van der Waals surface area contributed by atoms with Crippen molar-refractivity contribution in [3.63, 3.8) is 0 Å². The fourth-order valence-electron chi connectivity index (χ4n) is 1.29. The summed E-state index contributed by atoms with van der Waals surface area (Å²) in [7, 11) is 0. The Hall–Kier alpha value is -0.500. The Balaban J connectivity index is 3.18. The van der Waals surface area contributed by atoms with E-state index in [4.69, 9.17) is 5.11 Å². The number of rotatable bonds is 5. The molecule has 1 aromatic rings. The highest BCUT2D eigenvalue weighted by atomic mass is 79.9. The lowest BCUT2D eigenvalue weighted by atomic mass is 10.1. The summed E-state index contributed by atoms with van der Waals surface area (Å²) in [5.41, 5.74) is 0.325. The van der Waals surface area contributed by atoms with Gasteiger partial charge in [-0.25, -0.2) is 9.37 Å². The average Bonchev–Trinajstić information content (AvgIpc) is 2.34. The normalized spacial score (nSPS) is 16.1. The number of pyridine rings is 1. The SMILES string of the molecule is CC(C)(C)[S+]([O-])N=C(c1cccc(Br)n1)C(F)CCO. The van der Waals surface area contributed by atoms with Gasteiger partial charge in [0.05, 0.1) is 5.69 Å². The Bertz CT molecular complexity index is 480. The molecule has 1 rings (SSSR count). The van der Waals surface area contributed by atoms with Crippen molar-refractivity contribution in [3.05, 3.63) is 28.5 Å². The second-order valence-corrected chi connectivity index (χ2v) is 7.88. The fraction of sp³-hybridized carbons (Fsp3) is 0.538. The molecule has 0 amide bonds. The summed E-state index contributed by atoms with van der Waals surface area (Å²) >= 11 is 1.62. The van der Waals surface area contributed by atoms with Gasteiger partial charge in [0.15, 0.2) is 11.9 Å². The molecule has 7 heteroatoms. The van der Waals surface area contributed by atoms with E-state index in [1.807, 2.05) is 0 Å². The van der Waals surface area contributed by atoms with Gasteiger partial charge < -0.3 is 9.66 Å². The summed E-state index contributed by atoms with van der Waals surface area (Å²) in [5, 5.41) is 8.88. The molecule has 0 spiro atoms. The first-order valence-electron chi connectivity index (χ1n) is 6.14. The predicted molar refractivity (Wildman–Crippen MR) is 83.0 cm³/mol. The molecule has 0 saturated heterocycles. The highest BCUT2D eigenvalue weighted by molar-refractivity contribution is 9.10. The number of nitrogens with zero attached hydrogens (tertiary/aromatic N) is 2. The van der Waals surface area contributed by atoms with Gasteiger partial charge in [0.25, 0.3) is 0 Å². The molecule has 1 aromatic heterocycles. The van der Waals surface area contributed by atoms with E-state index < -0.39 is 22.3 Å². The van der Waals surface area contributed by atoms with Gasteiger partial charge in [0, 0.05) is 13.0 Å². The van der Waals surface area contributed by atoms with Crippen molar-refractivity contribution in [2.45, 2.75) is 38.1 Å². The number of hydrogen-bond donors (Lipinski definition) is 1. The second kappa shape index (κ2) is 7.49. The molecule has 20 heavy (non-hydrogen) atoms. The zero-order valence-electron chi connectivity index (χ0n) is 11.6. The largest absolute Gasteiger partial charge is 0.591 e. The van der Waals surface area contributed by atoms with E-state index in [-0.39, 0.29) is 18.7 Å². The first-order chi connectivity index (χ1) is 9.25. The van der Waals surface area contributed by atoms with Gasteiger partial charge in [-0.05, 0) is 48.8 Å². The van der Waals surface area contributed by atoms with Crippen molar-refractivity contribution in [3.8, 4) is 0 Å². The Labute approximate surface area is 130 Å². The van der Waals surface area contributed by atoms with Gasteiger partial charge in [0.1, 0.15) is 20.7 Å². The van der Waals surface area contributed by atoms with Crippen molar-refractivity contribution in [1.82, 2.24) is 4.98 Å². The van der Waals surface area contributed by atoms with Crippen molar-refractivity contribution >= 4 is 33.0 Å². The molecule has 1 N–H and O–H groups in total. The van der Waals surface area contributed by atoms with E-state index in [1.54, 1.807) is 39.0 Å². The lowest BCUT2D eigenvalue weighted by Gasteiger charge is -2.20. The first-order valence-corrected chi connectivity index (χ1v) is 8.04. The smallest absolute Gasteiger partial charge is 0.151 e. The maximum atomic E-state index is 14.2. The molecule has 4 nitrogen and oxygen atoms in total. The highest BCUT2D eigenvalue weighted by Gasteiger charge is 2.30. The van der Waals surface area contributed by atoms with Crippen LogP contribution < -0.4 is 0 Å². The quantitative estimate of drug-likeness (QED) is 0.496. The van der Waals surface area contributed by atoms with Crippen LogP contribution in [0, 0.1) is 0 Å². The predicted octanol–water partition coefficient (Wildman–Crippen LogP) is 2.82. The minimum atomic E-state index is -1.59. The molecular weight excluding hydrogens is 347 g/mol. The van der Waals surface area contributed by atoms with Crippen LogP contribution in [0.25, 0.3) is 0 Å². The van der Waals surface area contributed by atoms with Gasteiger partial charge in [0.2, 0.25) is 0 Å². The lowest BCUT2D eigenvalue weighted by Crippen LogP contribution is -2.29. The van der Waals surface area contributed by atoms with Gasteiger partial charge in [-0.3, -0.25) is 0 Å². The Morgan fingerprint density at radius 2 is 2.20 bits per heavy atom. The maximum absolute atomic E-state index is 14.2. The van der Waals surface area contributed by atoms with E-state index in [1.165, 1.54) is 0 Å². The Morgan fingerprint density at radius 1 is 1.55 bits per heavy atom. The van der Waals surface area contributed by atoms with Crippen molar-refractivity contribution in [1.29, 1.82) is 0 Å². The summed E-state index contributed by atoms with van der Waals surface area (Å²) in [4.78, 5) is 4.14. The van der Waals surface area contributed by atoms with E-state index in [2.05, 4.69) is 25.3 Å². The van der Waals surface area contributed by atoms with Crippen LogP contribution in [0.3, 0.4) is 0 Å². The standard InChI is InChI=1S/C13H18BrFN2O2S/c1-13(2,3)20(19)17-12(9(15)7-8-18)10-5-4-6-11(14)16-10/h4-6,9,18H,7-8H2,1-3H3. The third-order valence-corrected chi connectivity index (χ3v) is 4.21. The van der Waals surface area contributed by atoms with Crippen LogP contribution in [0.2, 0.25) is 0 Å². The molecule has 0 aliphatic heterocycles. The van der Waals surface area contributed by atoms with Crippen molar-refractivity contribution in [2.75, 3.05) is 6.61 Å². The molecule has 2 unspecified atom stereocenters. The van der Waals surface area contributed by atoms with Crippen LogP contribution in [0.1, 0.15) is 32.9 Å². The van der Waals surface area contributed by atoms with Crippen molar-refractivity contribution in [2.24, 2.45) is 4.40 Å². The Morgan fingerprint density at radius 3 is 2.70 bits per heavy atom. The zero-order valence-corrected chi connectivity index (χ0v) is 14.0. The monoisotopic (exact) mass is 364 g/mol. The first kappa shape index (κ1) is 17.6. The summed E-state index contributed by atoms with van der Waals surface area (Å²) in [6.45, 7) is 4.98. The Kier molecular flexibility index (Phi) is 6.57. The number of aliphatic hydroxyl groups excluding tert-OH is 1. The summed E-state index contributed by atoms with van der Waals surface area (Å²) in [6.07, 6.45) is -1.61. The molecule has 2 atom stereocenters. The fourth-order valence-corrected chi connectivity index (χ4v) is 2.30. The summed E-state index contributed by atoms with van der Waals surface area (Å²) in [6, 6.07) is 5.02. The molecule has 0 aliphatic carbocycles. The minimum Gasteiger partial charge on any atom is -0.591 e. The van der Waals surface area contributed by atoms with E-state index >= 15 is 0 Å². The van der Waals surface area contributed by atoms with E-state index in [0.717, 1.165) is 0 Å². The van der Waals surface area contributed by atoms with Gasteiger partial charge in [-0.2, -0.15) is 0 Å². The van der Waals surface area contributed by atoms with Crippen LogP contribution in [0.15, 0.2) is 27.2 Å². The zero-order chi connectivity index (χ0) is 15.3. The van der Waals surface area contributed by atoms with Crippen LogP contribution >= 0.6 is 15.9 Å². The lowest BCUT2D eigenvalue weighted by molar-refractivity contribution is 0.251.